The maximum atomic E-state index is 12.1. The zero-order valence-corrected chi connectivity index (χ0v) is 12.1. The Labute approximate surface area is 119 Å². The molecule has 4 nitrogen and oxygen atoms in total. The number of hydrogen-bond donors (Lipinski definition) is 0. The van der Waals surface area contributed by atoms with Crippen LogP contribution in [-0.2, 0) is 19.1 Å². The minimum Gasteiger partial charge on any atom is -0.469 e. The van der Waals surface area contributed by atoms with Gasteiger partial charge in [0.25, 0.3) is 0 Å². The van der Waals surface area contributed by atoms with Crippen molar-refractivity contribution in [2.24, 2.45) is 47.3 Å². The fourth-order valence-corrected chi connectivity index (χ4v) is 6.42. The summed E-state index contributed by atoms with van der Waals surface area (Å²) >= 11 is 0. The molecular formula is C16H22O4. The monoisotopic (exact) mass is 278 g/mol. The van der Waals surface area contributed by atoms with Gasteiger partial charge in [-0.25, -0.2) is 0 Å². The summed E-state index contributed by atoms with van der Waals surface area (Å²) in [5, 5.41) is 0. The van der Waals surface area contributed by atoms with Crippen molar-refractivity contribution in [3.05, 3.63) is 0 Å². The molecule has 4 aliphatic carbocycles. The smallest absolute Gasteiger partial charge is 0.309 e. The van der Waals surface area contributed by atoms with Crippen molar-refractivity contribution in [3.8, 4) is 0 Å². The Balaban J connectivity index is 1.65. The fraction of sp³-hybridized carbons (Fsp3) is 0.875. The summed E-state index contributed by atoms with van der Waals surface area (Å²) in [4.78, 5) is 24.2. The Hall–Kier alpha value is -1.06. The normalized spacial score (nSPS) is 51.1. The van der Waals surface area contributed by atoms with E-state index >= 15 is 0 Å². The summed E-state index contributed by atoms with van der Waals surface area (Å²) in [6.07, 6.45) is 5.21. The molecule has 0 radical (unpaired) electrons. The van der Waals surface area contributed by atoms with E-state index in [2.05, 4.69) is 0 Å². The number of ether oxygens (including phenoxy) is 2. The van der Waals surface area contributed by atoms with Crippen LogP contribution in [0.2, 0.25) is 0 Å². The molecule has 4 saturated carbocycles. The van der Waals surface area contributed by atoms with Crippen LogP contribution in [0.5, 0.6) is 0 Å². The molecule has 110 valence electrons. The Bertz CT molecular complexity index is 419. The van der Waals surface area contributed by atoms with Crippen LogP contribution >= 0.6 is 0 Å². The number of rotatable bonds is 2. The van der Waals surface area contributed by atoms with Gasteiger partial charge in [0.1, 0.15) is 0 Å². The third kappa shape index (κ3) is 1.33. The van der Waals surface area contributed by atoms with Gasteiger partial charge in [0.15, 0.2) is 0 Å². The van der Waals surface area contributed by atoms with E-state index in [0.29, 0.717) is 23.7 Å². The van der Waals surface area contributed by atoms with Crippen molar-refractivity contribution in [3.63, 3.8) is 0 Å². The summed E-state index contributed by atoms with van der Waals surface area (Å²) in [6.45, 7) is 0. The predicted molar refractivity (Wildman–Crippen MR) is 70.4 cm³/mol. The first-order valence-electron chi connectivity index (χ1n) is 7.84. The van der Waals surface area contributed by atoms with E-state index in [1.54, 1.807) is 0 Å². The lowest BCUT2D eigenvalue weighted by Gasteiger charge is -2.54. The van der Waals surface area contributed by atoms with E-state index < -0.39 is 0 Å². The first-order valence-corrected chi connectivity index (χ1v) is 7.84. The van der Waals surface area contributed by atoms with Crippen molar-refractivity contribution >= 4 is 11.9 Å². The zero-order chi connectivity index (χ0) is 14.0. The summed E-state index contributed by atoms with van der Waals surface area (Å²) in [7, 11) is 2.85. The SMILES string of the molecule is COC(=O)C1C(C(=O)OC)C2C1[C@@H]1C[C@H]2C2CCCC21. The molecular weight excluding hydrogens is 256 g/mol. The fourth-order valence-electron chi connectivity index (χ4n) is 6.42. The molecule has 0 aromatic rings. The van der Waals surface area contributed by atoms with Crippen LogP contribution in [-0.4, -0.2) is 26.2 Å². The lowest BCUT2D eigenvalue weighted by atomic mass is 9.49. The molecule has 0 N–H and O–H groups in total. The average molecular weight is 278 g/mol. The van der Waals surface area contributed by atoms with E-state index in [0.717, 1.165) is 11.8 Å². The molecule has 20 heavy (non-hydrogen) atoms. The number of hydrogen-bond acceptors (Lipinski definition) is 4. The molecule has 0 aromatic carbocycles. The van der Waals surface area contributed by atoms with Gasteiger partial charge in [-0.1, -0.05) is 6.42 Å². The Morgan fingerprint density at radius 2 is 1.25 bits per heavy atom. The van der Waals surface area contributed by atoms with Crippen LogP contribution in [0.3, 0.4) is 0 Å². The van der Waals surface area contributed by atoms with Crippen LogP contribution in [0.4, 0.5) is 0 Å². The highest BCUT2D eigenvalue weighted by Crippen LogP contribution is 2.72. The van der Waals surface area contributed by atoms with Crippen molar-refractivity contribution in [1.82, 2.24) is 0 Å². The molecule has 8 atom stereocenters. The van der Waals surface area contributed by atoms with Gasteiger partial charge in [0, 0.05) is 0 Å². The number of carbonyl (C=O) groups is 2. The molecule has 0 saturated heterocycles. The third-order valence-corrected chi connectivity index (χ3v) is 6.87. The van der Waals surface area contributed by atoms with Gasteiger partial charge in [-0.05, 0) is 54.8 Å². The summed E-state index contributed by atoms with van der Waals surface area (Å²) in [6, 6.07) is 0. The lowest BCUT2D eigenvalue weighted by Crippen LogP contribution is -2.59. The van der Waals surface area contributed by atoms with Gasteiger partial charge in [-0.3, -0.25) is 9.59 Å². The summed E-state index contributed by atoms with van der Waals surface area (Å²) < 4.78 is 9.92. The maximum absolute atomic E-state index is 12.1. The standard InChI is InChI=1S/C16H22O4/c1-19-15(17)13-11-9-6-10(8-5-3-4-7(8)9)12(11)14(13)16(18)20-2/h7-14H,3-6H2,1-2H3/t7?,8?,9-,10+,11?,12?,13?,14?. The van der Waals surface area contributed by atoms with Gasteiger partial charge in [0.05, 0.1) is 26.1 Å². The molecule has 4 fully saturated rings. The van der Waals surface area contributed by atoms with Crippen molar-refractivity contribution in [2.75, 3.05) is 14.2 Å². The molecule has 6 unspecified atom stereocenters. The maximum Gasteiger partial charge on any atom is 0.309 e. The van der Waals surface area contributed by atoms with Crippen LogP contribution in [0.25, 0.3) is 0 Å². The molecule has 0 spiro atoms. The molecule has 4 aliphatic rings. The van der Waals surface area contributed by atoms with Crippen LogP contribution in [0.1, 0.15) is 25.7 Å². The van der Waals surface area contributed by atoms with Crippen LogP contribution < -0.4 is 0 Å². The van der Waals surface area contributed by atoms with E-state index in [4.69, 9.17) is 9.47 Å². The molecule has 0 aliphatic heterocycles. The highest BCUT2D eigenvalue weighted by molar-refractivity contribution is 5.85. The van der Waals surface area contributed by atoms with Crippen molar-refractivity contribution in [1.29, 1.82) is 0 Å². The first-order chi connectivity index (χ1) is 9.69. The average Bonchev–Trinajstić information content (AvgIpc) is 3.08. The minimum atomic E-state index is -0.242. The minimum absolute atomic E-state index is 0.205. The predicted octanol–water partition coefficient (Wildman–Crippen LogP) is 1.88. The highest BCUT2D eigenvalue weighted by atomic mass is 16.5. The van der Waals surface area contributed by atoms with Gasteiger partial charge in [0.2, 0.25) is 0 Å². The number of fused-ring (bicyclic) bond motifs is 8. The summed E-state index contributed by atoms with van der Waals surface area (Å²) in [5.41, 5.74) is 0. The largest absolute Gasteiger partial charge is 0.469 e. The van der Waals surface area contributed by atoms with E-state index in [1.165, 1.54) is 39.9 Å². The number of carbonyl (C=O) groups excluding carboxylic acids is 2. The van der Waals surface area contributed by atoms with Crippen LogP contribution in [0.15, 0.2) is 0 Å². The quantitative estimate of drug-likeness (QED) is 0.724. The number of esters is 2. The second kappa shape index (κ2) is 4.22. The Morgan fingerprint density at radius 1 is 0.800 bits per heavy atom. The molecule has 0 aromatic heterocycles. The van der Waals surface area contributed by atoms with E-state index in [9.17, 15) is 9.59 Å². The highest BCUT2D eigenvalue weighted by Gasteiger charge is 2.72. The molecule has 4 rings (SSSR count). The molecule has 0 amide bonds. The van der Waals surface area contributed by atoms with Gasteiger partial charge in [-0.15, -0.1) is 0 Å². The number of methoxy groups -OCH3 is 2. The zero-order valence-electron chi connectivity index (χ0n) is 12.1. The van der Waals surface area contributed by atoms with E-state index in [1.807, 2.05) is 0 Å². The van der Waals surface area contributed by atoms with Gasteiger partial charge in [-0.2, -0.15) is 0 Å². The third-order valence-electron chi connectivity index (χ3n) is 6.87. The Morgan fingerprint density at radius 3 is 1.65 bits per heavy atom. The van der Waals surface area contributed by atoms with Crippen molar-refractivity contribution < 1.29 is 19.1 Å². The Kier molecular flexibility index (Phi) is 2.67. The van der Waals surface area contributed by atoms with Gasteiger partial charge >= 0.3 is 11.9 Å². The lowest BCUT2D eigenvalue weighted by molar-refractivity contribution is -0.187. The first kappa shape index (κ1) is 12.7. The van der Waals surface area contributed by atoms with Crippen LogP contribution in [0, 0.1) is 47.3 Å². The van der Waals surface area contributed by atoms with E-state index in [-0.39, 0.29) is 23.8 Å². The molecule has 4 heteroatoms. The second-order valence-corrected chi connectivity index (χ2v) is 7.07. The second-order valence-electron chi connectivity index (χ2n) is 7.07. The topological polar surface area (TPSA) is 52.6 Å². The molecule has 0 heterocycles. The molecule has 2 bridgehead atoms. The van der Waals surface area contributed by atoms with Gasteiger partial charge < -0.3 is 9.47 Å². The summed E-state index contributed by atoms with van der Waals surface area (Å²) in [5.74, 6) is 2.81. The van der Waals surface area contributed by atoms with Crippen molar-refractivity contribution in [2.45, 2.75) is 25.7 Å².